The van der Waals surface area contributed by atoms with E-state index in [-0.39, 0.29) is 23.9 Å². The van der Waals surface area contributed by atoms with Crippen LogP contribution in [0.3, 0.4) is 0 Å². The first-order chi connectivity index (χ1) is 9.50. The van der Waals surface area contributed by atoms with E-state index in [0.29, 0.717) is 12.0 Å². The Morgan fingerprint density at radius 3 is 2.55 bits per heavy atom. The summed E-state index contributed by atoms with van der Waals surface area (Å²) >= 11 is 0. The molecule has 2 N–H and O–H groups in total. The van der Waals surface area contributed by atoms with E-state index in [1.807, 2.05) is 13.8 Å². The van der Waals surface area contributed by atoms with Crippen LogP contribution in [0, 0.1) is 0 Å². The molecular formula is C15H24N2O3. The zero-order valence-electron chi connectivity index (χ0n) is 12.3. The lowest BCUT2D eigenvalue weighted by atomic mass is 9.96. The van der Waals surface area contributed by atoms with Crippen LogP contribution in [0.5, 0.6) is 0 Å². The van der Waals surface area contributed by atoms with E-state index < -0.39 is 5.97 Å². The van der Waals surface area contributed by atoms with Crippen LogP contribution in [0.25, 0.3) is 0 Å². The molecule has 0 unspecified atom stereocenters. The largest absolute Gasteiger partial charge is 0.481 e. The molecule has 1 heterocycles. The Kier molecular flexibility index (Phi) is 4.68. The summed E-state index contributed by atoms with van der Waals surface area (Å²) in [5.74, 6) is -0.652. The number of carbonyl (C=O) groups is 1. The molecule has 5 nitrogen and oxygen atoms in total. The molecule has 1 aliphatic rings. The molecule has 1 fully saturated rings. The van der Waals surface area contributed by atoms with E-state index in [1.165, 1.54) is 6.42 Å². The number of rotatable bonds is 5. The highest BCUT2D eigenvalue weighted by atomic mass is 16.4. The lowest BCUT2D eigenvalue weighted by molar-refractivity contribution is -0.136. The summed E-state index contributed by atoms with van der Waals surface area (Å²) in [6, 6.07) is 0.257. The van der Waals surface area contributed by atoms with Gasteiger partial charge in [0.05, 0.1) is 6.04 Å². The highest BCUT2D eigenvalue weighted by Gasteiger charge is 2.23. The van der Waals surface area contributed by atoms with Gasteiger partial charge in [-0.25, -0.2) is 4.68 Å². The minimum absolute atomic E-state index is 0.0114. The normalized spacial score (nSPS) is 16.8. The van der Waals surface area contributed by atoms with Gasteiger partial charge in [0.2, 0.25) is 0 Å². The van der Waals surface area contributed by atoms with Gasteiger partial charge >= 0.3 is 5.97 Å². The topological polar surface area (TPSA) is 75.1 Å². The minimum atomic E-state index is -0.857. The molecule has 112 valence electrons. The average Bonchev–Trinajstić information content (AvgIpc) is 2.75. The van der Waals surface area contributed by atoms with Crippen LogP contribution in [0.1, 0.15) is 75.6 Å². The van der Waals surface area contributed by atoms with Gasteiger partial charge in [0.15, 0.2) is 0 Å². The summed E-state index contributed by atoms with van der Waals surface area (Å²) < 4.78 is 1.76. The molecule has 0 radical (unpaired) electrons. The molecule has 2 rings (SSSR count). The SMILES string of the molecule is CC(C)c1[nH]n(C2CCCCC2)c(=O)c1CCC(=O)O. The maximum absolute atomic E-state index is 12.5. The number of hydrogen-bond donors (Lipinski definition) is 2. The first kappa shape index (κ1) is 14.9. The first-order valence-electron chi connectivity index (χ1n) is 7.55. The summed E-state index contributed by atoms with van der Waals surface area (Å²) in [4.78, 5) is 23.3. The molecule has 0 bridgehead atoms. The van der Waals surface area contributed by atoms with Gasteiger partial charge < -0.3 is 5.11 Å². The van der Waals surface area contributed by atoms with Gasteiger partial charge in [0.1, 0.15) is 0 Å². The monoisotopic (exact) mass is 280 g/mol. The number of aromatic nitrogens is 2. The van der Waals surface area contributed by atoms with E-state index in [2.05, 4.69) is 5.10 Å². The van der Waals surface area contributed by atoms with Crippen molar-refractivity contribution in [2.24, 2.45) is 0 Å². The van der Waals surface area contributed by atoms with Crippen molar-refractivity contribution in [1.29, 1.82) is 0 Å². The quantitative estimate of drug-likeness (QED) is 0.870. The van der Waals surface area contributed by atoms with Crippen molar-refractivity contribution in [2.45, 2.75) is 70.8 Å². The second-order valence-electron chi connectivity index (χ2n) is 6.02. The van der Waals surface area contributed by atoms with E-state index in [9.17, 15) is 9.59 Å². The van der Waals surface area contributed by atoms with Crippen LogP contribution < -0.4 is 5.56 Å². The van der Waals surface area contributed by atoms with E-state index >= 15 is 0 Å². The number of aromatic amines is 1. The molecule has 20 heavy (non-hydrogen) atoms. The number of carboxylic acids is 1. The van der Waals surface area contributed by atoms with E-state index in [0.717, 1.165) is 31.4 Å². The molecule has 0 aliphatic heterocycles. The van der Waals surface area contributed by atoms with Crippen LogP contribution in [0.2, 0.25) is 0 Å². The molecular weight excluding hydrogens is 256 g/mol. The fourth-order valence-electron chi connectivity index (χ4n) is 3.06. The fourth-order valence-corrected chi connectivity index (χ4v) is 3.06. The second kappa shape index (κ2) is 6.29. The Morgan fingerprint density at radius 2 is 2.00 bits per heavy atom. The number of H-pyrrole nitrogens is 1. The van der Waals surface area contributed by atoms with E-state index in [4.69, 9.17) is 5.11 Å². The Bertz CT molecular complexity index is 522. The van der Waals surface area contributed by atoms with Crippen molar-refractivity contribution in [3.63, 3.8) is 0 Å². The standard InChI is InChI=1S/C15H24N2O3/c1-10(2)14-12(8-9-13(18)19)15(20)17(16-14)11-6-4-3-5-7-11/h10-11,16H,3-9H2,1-2H3,(H,18,19). The maximum atomic E-state index is 12.5. The highest BCUT2D eigenvalue weighted by Crippen LogP contribution is 2.28. The first-order valence-corrected chi connectivity index (χ1v) is 7.55. The predicted molar refractivity (Wildman–Crippen MR) is 77.2 cm³/mol. The summed E-state index contributed by atoms with van der Waals surface area (Å²) in [5, 5.41) is 12.1. The zero-order valence-corrected chi connectivity index (χ0v) is 12.3. The Hall–Kier alpha value is -1.52. The molecule has 0 amide bonds. The number of carboxylic acid groups (broad SMARTS) is 1. The second-order valence-corrected chi connectivity index (χ2v) is 6.02. The molecule has 1 saturated carbocycles. The third kappa shape index (κ3) is 3.14. The highest BCUT2D eigenvalue weighted by molar-refractivity contribution is 5.67. The Morgan fingerprint density at radius 1 is 1.35 bits per heavy atom. The van der Waals surface area contributed by atoms with Gasteiger partial charge in [-0.1, -0.05) is 33.1 Å². The van der Waals surface area contributed by atoms with Crippen molar-refractivity contribution in [2.75, 3.05) is 0 Å². The number of nitrogens with zero attached hydrogens (tertiary/aromatic N) is 1. The number of nitrogens with one attached hydrogen (secondary N) is 1. The predicted octanol–water partition coefficient (Wildman–Crippen LogP) is 2.82. The summed E-state index contributed by atoms with van der Waals surface area (Å²) in [6.45, 7) is 4.06. The van der Waals surface area contributed by atoms with Crippen LogP contribution in [0.15, 0.2) is 4.79 Å². The Balaban J connectivity index is 2.31. The van der Waals surface area contributed by atoms with Gasteiger partial charge in [-0.3, -0.25) is 14.7 Å². The molecule has 0 aromatic carbocycles. The van der Waals surface area contributed by atoms with Crippen LogP contribution in [-0.4, -0.2) is 20.9 Å². The van der Waals surface area contributed by atoms with Gasteiger partial charge in [-0.15, -0.1) is 0 Å². The summed E-state index contributed by atoms with van der Waals surface area (Å²) in [5.41, 5.74) is 1.55. The molecule has 0 saturated heterocycles. The molecule has 0 atom stereocenters. The average molecular weight is 280 g/mol. The maximum Gasteiger partial charge on any atom is 0.303 e. The molecule has 1 aromatic rings. The van der Waals surface area contributed by atoms with Gasteiger partial charge in [-0.05, 0) is 25.2 Å². The Labute approximate surface area is 119 Å². The molecule has 1 aliphatic carbocycles. The van der Waals surface area contributed by atoms with Crippen molar-refractivity contribution in [3.05, 3.63) is 21.6 Å². The van der Waals surface area contributed by atoms with Crippen molar-refractivity contribution >= 4 is 5.97 Å². The van der Waals surface area contributed by atoms with E-state index in [1.54, 1.807) is 4.68 Å². The zero-order chi connectivity index (χ0) is 14.7. The van der Waals surface area contributed by atoms with Crippen LogP contribution >= 0.6 is 0 Å². The van der Waals surface area contributed by atoms with Crippen molar-refractivity contribution < 1.29 is 9.90 Å². The summed E-state index contributed by atoms with van der Waals surface area (Å²) in [6.07, 6.45) is 5.98. The molecule has 1 aromatic heterocycles. The lowest BCUT2D eigenvalue weighted by Gasteiger charge is -2.22. The molecule has 0 spiro atoms. The van der Waals surface area contributed by atoms with Crippen molar-refractivity contribution in [1.82, 2.24) is 9.78 Å². The van der Waals surface area contributed by atoms with Gasteiger partial charge in [-0.2, -0.15) is 0 Å². The summed E-state index contributed by atoms with van der Waals surface area (Å²) in [7, 11) is 0. The van der Waals surface area contributed by atoms with Crippen LogP contribution in [0.4, 0.5) is 0 Å². The third-order valence-corrected chi connectivity index (χ3v) is 4.15. The fraction of sp³-hybridized carbons (Fsp3) is 0.733. The van der Waals surface area contributed by atoms with Crippen LogP contribution in [-0.2, 0) is 11.2 Å². The molecule has 5 heteroatoms. The minimum Gasteiger partial charge on any atom is -0.481 e. The van der Waals surface area contributed by atoms with Gasteiger partial charge in [0.25, 0.3) is 5.56 Å². The lowest BCUT2D eigenvalue weighted by Crippen LogP contribution is -2.26. The van der Waals surface area contributed by atoms with Gasteiger partial charge in [0, 0.05) is 17.7 Å². The van der Waals surface area contributed by atoms with Crippen molar-refractivity contribution in [3.8, 4) is 0 Å². The number of hydrogen-bond acceptors (Lipinski definition) is 2. The number of aliphatic carboxylic acids is 1. The smallest absolute Gasteiger partial charge is 0.303 e. The third-order valence-electron chi connectivity index (χ3n) is 4.15.